The van der Waals surface area contributed by atoms with Crippen molar-refractivity contribution >= 4 is 21.2 Å². The van der Waals surface area contributed by atoms with Crippen molar-refractivity contribution in [3.05, 3.63) is 0 Å². The molecule has 0 heterocycles. The van der Waals surface area contributed by atoms with Crippen LogP contribution >= 0.6 is 12.6 Å². The fourth-order valence-electron chi connectivity index (χ4n) is 1.20. The molecule has 0 bridgehead atoms. The van der Waals surface area contributed by atoms with E-state index in [1.54, 1.807) is 0 Å². The van der Waals surface area contributed by atoms with Gasteiger partial charge < -0.3 is 8.85 Å². The van der Waals surface area contributed by atoms with Gasteiger partial charge in [0.25, 0.3) is 0 Å². The highest BCUT2D eigenvalue weighted by Crippen LogP contribution is 2.15. The maximum absolute atomic E-state index is 5.65. The van der Waals surface area contributed by atoms with Gasteiger partial charge >= 0.3 is 8.56 Å². The third-order valence-electron chi connectivity index (χ3n) is 1.69. The van der Waals surface area contributed by atoms with Gasteiger partial charge in [-0.15, -0.1) is 0 Å². The van der Waals surface area contributed by atoms with Gasteiger partial charge in [0.05, 0.1) is 0 Å². The van der Waals surface area contributed by atoms with Crippen LogP contribution in [-0.2, 0) is 14.3 Å². The van der Waals surface area contributed by atoms with Crippen LogP contribution in [0.4, 0.5) is 0 Å². The SMILES string of the molecule is CCO[Si](C)(CCCS)OCC.[O]. The Bertz CT molecular complexity index is 108. The van der Waals surface area contributed by atoms with E-state index in [1.165, 1.54) is 0 Å². The molecule has 0 saturated heterocycles. The first-order valence-corrected chi connectivity index (χ1v) is 7.73. The summed E-state index contributed by atoms with van der Waals surface area (Å²) in [5.74, 6) is 0.919. The zero-order chi connectivity index (χ0) is 9.45. The van der Waals surface area contributed by atoms with Crippen LogP contribution in [0.15, 0.2) is 0 Å². The summed E-state index contributed by atoms with van der Waals surface area (Å²) in [5.41, 5.74) is 0. The van der Waals surface area contributed by atoms with Gasteiger partial charge in [-0.3, -0.25) is 0 Å². The van der Waals surface area contributed by atoms with Crippen LogP contribution in [0.25, 0.3) is 0 Å². The Labute approximate surface area is 87.8 Å². The van der Waals surface area contributed by atoms with Crippen molar-refractivity contribution < 1.29 is 14.3 Å². The van der Waals surface area contributed by atoms with E-state index in [0.717, 1.165) is 31.4 Å². The Morgan fingerprint density at radius 2 is 1.62 bits per heavy atom. The van der Waals surface area contributed by atoms with Gasteiger partial charge in [-0.2, -0.15) is 12.6 Å². The molecule has 0 aliphatic heterocycles. The fraction of sp³-hybridized carbons (Fsp3) is 1.00. The van der Waals surface area contributed by atoms with E-state index in [2.05, 4.69) is 19.2 Å². The number of rotatable bonds is 7. The maximum Gasteiger partial charge on any atom is 0.334 e. The van der Waals surface area contributed by atoms with E-state index in [4.69, 9.17) is 8.85 Å². The van der Waals surface area contributed by atoms with Crippen LogP contribution in [0, 0.1) is 0 Å². The second-order valence-electron chi connectivity index (χ2n) is 2.83. The second-order valence-corrected chi connectivity index (χ2v) is 6.62. The molecule has 0 aromatic rings. The lowest BCUT2D eigenvalue weighted by Crippen LogP contribution is -2.38. The predicted molar refractivity (Wildman–Crippen MR) is 58.8 cm³/mol. The lowest BCUT2D eigenvalue weighted by atomic mass is 10.6. The van der Waals surface area contributed by atoms with Gasteiger partial charge in [0, 0.05) is 18.7 Å². The standard InChI is InChI=1S/C8H20O2SSi.O/c1-4-9-12(3,10-5-2)8-6-7-11;/h11H,4-8H2,1-3H3;. The molecule has 0 aliphatic carbocycles. The zero-order valence-corrected chi connectivity index (χ0v) is 10.6. The van der Waals surface area contributed by atoms with Crippen LogP contribution < -0.4 is 0 Å². The number of hydrogen-bond acceptors (Lipinski definition) is 3. The quantitative estimate of drug-likeness (QED) is 0.533. The monoisotopic (exact) mass is 224 g/mol. The molecule has 80 valence electrons. The highest BCUT2D eigenvalue weighted by Gasteiger charge is 2.29. The molecule has 0 saturated carbocycles. The second kappa shape index (κ2) is 9.02. The molecule has 0 aromatic heterocycles. The lowest BCUT2D eigenvalue weighted by Gasteiger charge is -2.25. The van der Waals surface area contributed by atoms with Gasteiger partial charge in [0.2, 0.25) is 0 Å². The number of hydrogen-bond donors (Lipinski definition) is 1. The first-order valence-electron chi connectivity index (χ1n) is 4.57. The van der Waals surface area contributed by atoms with Crippen molar-refractivity contribution in [1.29, 1.82) is 0 Å². The molecule has 0 aromatic carbocycles. The van der Waals surface area contributed by atoms with Crippen molar-refractivity contribution in [2.45, 2.75) is 32.9 Å². The van der Waals surface area contributed by atoms with Crippen molar-refractivity contribution in [2.24, 2.45) is 0 Å². The summed E-state index contributed by atoms with van der Waals surface area (Å²) < 4.78 is 11.3. The average Bonchev–Trinajstić information content (AvgIpc) is 2.02. The van der Waals surface area contributed by atoms with Gasteiger partial charge in [0.1, 0.15) is 0 Å². The van der Waals surface area contributed by atoms with Crippen LogP contribution in [0.2, 0.25) is 12.6 Å². The largest absolute Gasteiger partial charge is 0.395 e. The molecule has 2 radical (unpaired) electrons. The highest BCUT2D eigenvalue weighted by molar-refractivity contribution is 7.80. The van der Waals surface area contributed by atoms with Gasteiger partial charge in [-0.25, -0.2) is 0 Å². The Hall–Kier alpha value is 0.447. The third kappa shape index (κ3) is 7.51. The summed E-state index contributed by atoms with van der Waals surface area (Å²) in [7, 11) is -1.82. The van der Waals surface area contributed by atoms with E-state index >= 15 is 0 Å². The molecule has 0 fully saturated rings. The molecule has 0 N–H and O–H groups in total. The highest BCUT2D eigenvalue weighted by atomic mass is 32.1. The Morgan fingerprint density at radius 3 is 1.92 bits per heavy atom. The Kier molecular flexibility index (Phi) is 11.0. The lowest BCUT2D eigenvalue weighted by molar-refractivity contribution is 0.189. The van der Waals surface area contributed by atoms with E-state index in [1.807, 2.05) is 13.8 Å². The van der Waals surface area contributed by atoms with Crippen molar-refractivity contribution in [1.82, 2.24) is 0 Å². The Balaban J connectivity index is 0. The Morgan fingerprint density at radius 1 is 1.15 bits per heavy atom. The summed E-state index contributed by atoms with van der Waals surface area (Å²) in [6, 6.07) is 1.05. The average molecular weight is 224 g/mol. The maximum atomic E-state index is 5.65. The van der Waals surface area contributed by atoms with Crippen molar-refractivity contribution in [3.63, 3.8) is 0 Å². The number of thiol groups is 1. The minimum atomic E-state index is -1.82. The summed E-state index contributed by atoms with van der Waals surface area (Å²) in [6.45, 7) is 7.68. The minimum absolute atomic E-state index is 0. The van der Waals surface area contributed by atoms with Crippen molar-refractivity contribution in [2.75, 3.05) is 19.0 Å². The van der Waals surface area contributed by atoms with Crippen LogP contribution in [0.5, 0.6) is 0 Å². The summed E-state index contributed by atoms with van der Waals surface area (Å²) >= 11 is 4.18. The van der Waals surface area contributed by atoms with Gasteiger partial charge in [-0.05, 0) is 38.6 Å². The molecule has 13 heavy (non-hydrogen) atoms. The summed E-state index contributed by atoms with van der Waals surface area (Å²) in [6.07, 6.45) is 1.09. The molecular formula is C8H20O3SSi. The summed E-state index contributed by atoms with van der Waals surface area (Å²) in [4.78, 5) is 0. The van der Waals surface area contributed by atoms with Crippen LogP contribution in [0.1, 0.15) is 20.3 Å². The fourth-order valence-corrected chi connectivity index (χ4v) is 4.06. The first-order chi connectivity index (χ1) is 5.68. The van der Waals surface area contributed by atoms with Crippen LogP contribution in [-0.4, -0.2) is 27.5 Å². The molecule has 0 spiro atoms. The van der Waals surface area contributed by atoms with E-state index < -0.39 is 8.56 Å². The van der Waals surface area contributed by atoms with Gasteiger partial charge in [-0.1, -0.05) is 0 Å². The molecule has 0 amide bonds. The predicted octanol–water partition coefficient (Wildman–Crippen LogP) is 2.33. The van der Waals surface area contributed by atoms with Crippen LogP contribution in [0.3, 0.4) is 0 Å². The molecule has 0 unspecified atom stereocenters. The van der Waals surface area contributed by atoms with E-state index in [0.29, 0.717) is 0 Å². The summed E-state index contributed by atoms with van der Waals surface area (Å²) in [5, 5.41) is 0. The topological polar surface area (TPSA) is 47.0 Å². The van der Waals surface area contributed by atoms with E-state index in [-0.39, 0.29) is 5.48 Å². The first kappa shape index (κ1) is 15.9. The zero-order valence-electron chi connectivity index (χ0n) is 8.71. The molecular weight excluding hydrogens is 204 g/mol. The van der Waals surface area contributed by atoms with E-state index in [9.17, 15) is 0 Å². The minimum Gasteiger partial charge on any atom is -0.395 e. The molecule has 0 rings (SSSR count). The molecule has 0 aliphatic rings. The third-order valence-corrected chi connectivity index (χ3v) is 5.07. The molecule has 3 nitrogen and oxygen atoms in total. The normalized spacial score (nSPS) is 11.1. The molecule has 0 atom stereocenters. The van der Waals surface area contributed by atoms with Crippen molar-refractivity contribution in [3.8, 4) is 0 Å². The smallest absolute Gasteiger partial charge is 0.334 e. The molecule has 5 heteroatoms. The van der Waals surface area contributed by atoms with Gasteiger partial charge in [0.15, 0.2) is 0 Å².